The third kappa shape index (κ3) is 3.08. The van der Waals surface area contributed by atoms with Gasteiger partial charge in [0.05, 0.1) is 12.6 Å². The van der Waals surface area contributed by atoms with E-state index in [1.165, 1.54) is 11.1 Å². The van der Waals surface area contributed by atoms with Crippen molar-refractivity contribution in [2.45, 2.75) is 13.0 Å². The van der Waals surface area contributed by atoms with Gasteiger partial charge in [-0.2, -0.15) is 0 Å². The summed E-state index contributed by atoms with van der Waals surface area (Å²) in [6, 6.07) is 6.65. The highest BCUT2D eigenvalue weighted by molar-refractivity contribution is 9.10. The van der Waals surface area contributed by atoms with Crippen LogP contribution in [0.5, 0.6) is 0 Å². The minimum atomic E-state index is 0.260. The van der Waals surface area contributed by atoms with Crippen molar-refractivity contribution < 1.29 is 4.74 Å². The molecule has 1 aromatic carbocycles. The van der Waals surface area contributed by atoms with Gasteiger partial charge in [0.2, 0.25) is 0 Å². The summed E-state index contributed by atoms with van der Waals surface area (Å²) in [5.41, 5.74) is 2.51. The normalized spacial score (nSPS) is 12.9. The molecule has 1 rings (SSSR count). The summed E-state index contributed by atoms with van der Waals surface area (Å²) in [6.45, 7) is 2.78. The number of rotatable bonds is 4. The van der Waals surface area contributed by atoms with Crippen molar-refractivity contribution in [1.82, 2.24) is 5.32 Å². The van der Waals surface area contributed by atoms with Crippen molar-refractivity contribution in [3.05, 3.63) is 33.8 Å². The largest absolute Gasteiger partial charge is 0.383 e. The fourth-order valence-electron chi connectivity index (χ4n) is 1.48. The van der Waals surface area contributed by atoms with Crippen LogP contribution in [0.25, 0.3) is 0 Å². The van der Waals surface area contributed by atoms with Crippen LogP contribution in [0.2, 0.25) is 0 Å². The van der Waals surface area contributed by atoms with E-state index < -0.39 is 0 Å². The summed E-state index contributed by atoms with van der Waals surface area (Å²) >= 11 is 3.49. The standard InChI is InChI=1S/C11H16BrNO/c1-8-4-9(6-10(12)5-8)11(13-2)7-14-3/h4-6,11,13H,7H2,1-3H3. The van der Waals surface area contributed by atoms with Gasteiger partial charge in [-0.15, -0.1) is 0 Å². The van der Waals surface area contributed by atoms with E-state index in [4.69, 9.17) is 4.74 Å². The lowest BCUT2D eigenvalue weighted by atomic mass is 10.1. The second kappa shape index (κ2) is 5.49. The summed E-state index contributed by atoms with van der Waals surface area (Å²) in [6.07, 6.45) is 0. The molecule has 0 bridgehead atoms. The van der Waals surface area contributed by atoms with E-state index in [1.807, 2.05) is 7.05 Å². The number of hydrogen-bond acceptors (Lipinski definition) is 2. The average molecular weight is 258 g/mol. The first kappa shape index (κ1) is 11.7. The monoisotopic (exact) mass is 257 g/mol. The van der Waals surface area contributed by atoms with Gasteiger partial charge in [-0.05, 0) is 37.2 Å². The Morgan fingerprint density at radius 2 is 2.14 bits per heavy atom. The molecule has 0 saturated heterocycles. The Bertz CT molecular complexity index is 281. The Kier molecular flexibility index (Phi) is 4.58. The van der Waals surface area contributed by atoms with Crippen LogP contribution < -0.4 is 5.32 Å². The molecule has 78 valence electrons. The van der Waals surface area contributed by atoms with Crippen LogP contribution in [0, 0.1) is 6.92 Å². The van der Waals surface area contributed by atoms with Gasteiger partial charge < -0.3 is 10.1 Å². The fraction of sp³-hybridized carbons (Fsp3) is 0.455. The molecule has 0 aliphatic rings. The number of ether oxygens (including phenoxy) is 1. The number of hydrogen-bond donors (Lipinski definition) is 1. The molecule has 0 aliphatic heterocycles. The predicted molar refractivity (Wildman–Crippen MR) is 62.6 cm³/mol. The molecule has 0 amide bonds. The third-order valence-electron chi connectivity index (χ3n) is 2.15. The highest BCUT2D eigenvalue weighted by Gasteiger charge is 2.09. The summed E-state index contributed by atoms with van der Waals surface area (Å²) in [7, 11) is 3.66. The van der Waals surface area contributed by atoms with Crippen molar-refractivity contribution in [1.29, 1.82) is 0 Å². The van der Waals surface area contributed by atoms with Crippen molar-refractivity contribution in [3.8, 4) is 0 Å². The Morgan fingerprint density at radius 3 is 2.64 bits per heavy atom. The Morgan fingerprint density at radius 1 is 1.43 bits per heavy atom. The molecule has 0 heterocycles. The maximum absolute atomic E-state index is 5.15. The lowest BCUT2D eigenvalue weighted by Gasteiger charge is -2.16. The first-order valence-electron chi connectivity index (χ1n) is 4.60. The molecule has 0 spiro atoms. The Balaban J connectivity index is 2.91. The van der Waals surface area contributed by atoms with E-state index in [0.29, 0.717) is 6.61 Å². The molecule has 0 saturated carbocycles. The van der Waals surface area contributed by atoms with Gasteiger partial charge in [0, 0.05) is 11.6 Å². The molecule has 0 aromatic heterocycles. The molecule has 14 heavy (non-hydrogen) atoms. The summed E-state index contributed by atoms with van der Waals surface area (Å²) < 4.78 is 6.27. The maximum Gasteiger partial charge on any atom is 0.0657 e. The van der Waals surface area contributed by atoms with Crippen LogP contribution in [0.15, 0.2) is 22.7 Å². The zero-order valence-electron chi connectivity index (χ0n) is 8.80. The van der Waals surface area contributed by atoms with E-state index in [9.17, 15) is 0 Å². The van der Waals surface area contributed by atoms with E-state index in [0.717, 1.165) is 4.47 Å². The van der Waals surface area contributed by atoms with Crippen LogP contribution in [0.3, 0.4) is 0 Å². The van der Waals surface area contributed by atoms with Crippen LogP contribution in [-0.4, -0.2) is 20.8 Å². The SMILES string of the molecule is CNC(COC)c1cc(C)cc(Br)c1. The Labute approximate surface area is 93.8 Å². The highest BCUT2D eigenvalue weighted by Crippen LogP contribution is 2.20. The maximum atomic E-state index is 5.15. The van der Waals surface area contributed by atoms with Gasteiger partial charge in [0.25, 0.3) is 0 Å². The summed E-state index contributed by atoms with van der Waals surface area (Å²) in [5.74, 6) is 0. The van der Waals surface area contributed by atoms with Gasteiger partial charge in [-0.1, -0.05) is 22.0 Å². The minimum Gasteiger partial charge on any atom is -0.383 e. The molecule has 1 aromatic rings. The predicted octanol–water partition coefficient (Wildman–Crippen LogP) is 2.66. The molecule has 1 atom stereocenters. The topological polar surface area (TPSA) is 21.3 Å². The lowest BCUT2D eigenvalue weighted by molar-refractivity contribution is 0.170. The number of likely N-dealkylation sites (N-methyl/N-ethyl adjacent to an activating group) is 1. The van der Waals surface area contributed by atoms with Gasteiger partial charge >= 0.3 is 0 Å². The minimum absolute atomic E-state index is 0.260. The molecule has 0 radical (unpaired) electrons. The molecule has 0 aliphatic carbocycles. The molecule has 1 N–H and O–H groups in total. The van der Waals surface area contributed by atoms with Gasteiger partial charge in [-0.3, -0.25) is 0 Å². The molecular weight excluding hydrogens is 242 g/mol. The zero-order valence-corrected chi connectivity index (χ0v) is 10.4. The van der Waals surface area contributed by atoms with Crippen molar-refractivity contribution in [2.24, 2.45) is 0 Å². The second-order valence-corrected chi connectivity index (χ2v) is 4.27. The fourth-order valence-corrected chi connectivity index (χ4v) is 2.10. The Hall–Kier alpha value is -0.380. The molecular formula is C11H16BrNO. The highest BCUT2D eigenvalue weighted by atomic mass is 79.9. The van der Waals surface area contributed by atoms with Gasteiger partial charge in [-0.25, -0.2) is 0 Å². The first-order chi connectivity index (χ1) is 6.67. The number of aryl methyl sites for hydroxylation is 1. The number of nitrogens with one attached hydrogen (secondary N) is 1. The zero-order chi connectivity index (χ0) is 10.6. The van der Waals surface area contributed by atoms with Crippen molar-refractivity contribution >= 4 is 15.9 Å². The van der Waals surface area contributed by atoms with Crippen molar-refractivity contribution in [2.75, 3.05) is 20.8 Å². The summed E-state index contributed by atoms with van der Waals surface area (Å²) in [5, 5.41) is 3.23. The lowest BCUT2D eigenvalue weighted by Crippen LogP contribution is -2.21. The first-order valence-corrected chi connectivity index (χ1v) is 5.40. The number of halogens is 1. The smallest absolute Gasteiger partial charge is 0.0657 e. The van der Waals surface area contributed by atoms with Crippen LogP contribution in [-0.2, 0) is 4.74 Å². The quantitative estimate of drug-likeness (QED) is 0.896. The van der Waals surface area contributed by atoms with E-state index in [2.05, 4.69) is 46.4 Å². The molecule has 3 heteroatoms. The van der Waals surface area contributed by atoms with Crippen molar-refractivity contribution in [3.63, 3.8) is 0 Å². The second-order valence-electron chi connectivity index (χ2n) is 3.36. The van der Waals surface area contributed by atoms with Crippen LogP contribution >= 0.6 is 15.9 Å². The van der Waals surface area contributed by atoms with E-state index in [1.54, 1.807) is 7.11 Å². The van der Waals surface area contributed by atoms with Gasteiger partial charge in [0.1, 0.15) is 0 Å². The van der Waals surface area contributed by atoms with E-state index >= 15 is 0 Å². The third-order valence-corrected chi connectivity index (χ3v) is 2.61. The average Bonchev–Trinajstić information content (AvgIpc) is 2.12. The number of methoxy groups -OCH3 is 1. The van der Waals surface area contributed by atoms with Crippen LogP contribution in [0.4, 0.5) is 0 Å². The van der Waals surface area contributed by atoms with Crippen LogP contribution in [0.1, 0.15) is 17.2 Å². The van der Waals surface area contributed by atoms with Gasteiger partial charge in [0.15, 0.2) is 0 Å². The number of benzene rings is 1. The molecule has 0 fully saturated rings. The summed E-state index contributed by atoms with van der Waals surface area (Å²) in [4.78, 5) is 0. The molecule has 1 unspecified atom stereocenters. The molecule has 2 nitrogen and oxygen atoms in total. The van der Waals surface area contributed by atoms with E-state index in [-0.39, 0.29) is 6.04 Å².